The summed E-state index contributed by atoms with van der Waals surface area (Å²) in [5.74, 6) is 0. The topological polar surface area (TPSA) is 23.5 Å². The zero-order valence-corrected chi connectivity index (χ0v) is 9.26. The second-order valence-electron chi connectivity index (χ2n) is 4.41. The maximum Gasteiger partial charge on any atom is 0.0693 e. The van der Waals surface area contributed by atoms with Gasteiger partial charge in [0.15, 0.2) is 0 Å². The Labute approximate surface area is 91.5 Å². The molecule has 0 bridgehead atoms. The molecule has 15 heavy (non-hydrogen) atoms. The van der Waals surface area contributed by atoms with E-state index in [4.69, 9.17) is 0 Å². The van der Waals surface area contributed by atoms with Gasteiger partial charge in [0.25, 0.3) is 0 Å². The minimum absolute atomic E-state index is 0.150. The van der Waals surface area contributed by atoms with E-state index in [9.17, 15) is 5.11 Å². The molecule has 1 saturated heterocycles. The number of aliphatic hydroxyl groups is 1. The molecule has 1 aromatic rings. The van der Waals surface area contributed by atoms with Crippen LogP contribution >= 0.6 is 0 Å². The molecule has 1 fully saturated rings. The van der Waals surface area contributed by atoms with Crippen LogP contribution in [0.5, 0.6) is 0 Å². The summed E-state index contributed by atoms with van der Waals surface area (Å²) in [6, 6.07) is 10.8. The van der Waals surface area contributed by atoms with Gasteiger partial charge in [-0.25, -0.2) is 0 Å². The third kappa shape index (κ3) is 2.58. The maximum absolute atomic E-state index is 9.78. The van der Waals surface area contributed by atoms with Gasteiger partial charge in [0.2, 0.25) is 0 Å². The summed E-state index contributed by atoms with van der Waals surface area (Å²) in [4.78, 5) is 2.36. The van der Waals surface area contributed by atoms with E-state index in [0.717, 1.165) is 25.9 Å². The molecule has 1 aliphatic rings. The Bertz CT molecular complexity index is 299. The standard InChI is InChI=1S/C13H19NO/c1-11-13(15)8-5-9-14(11)10-12-6-3-2-4-7-12/h2-4,6-7,11,13,15H,5,8-10H2,1H3/t11-,13+/m1/s1. The van der Waals surface area contributed by atoms with Crippen molar-refractivity contribution in [2.45, 2.75) is 38.5 Å². The van der Waals surface area contributed by atoms with Crippen LogP contribution in [0.2, 0.25) is 0 Å². The van der Waals surface area contributed by atoms with Crippen molar-refractivity contribution in [2.75, 3.05) is 6.54 Å². The molecular formula is C13H19NO. The third-order valence-corrected chi connectivity index (χ3v) is 3.31. The number of nitrogens with zero attached hydrogens (tertiary/aromatic N) is 1. The van der Waals surface area contributed by atoms with Gasteiger partial charge in [0.1, 0.15) is 0 Å². The molecule has 0 amide bonds. The van der Waals surface area contributed by atoms with Gasteiger partial charge in [-0.05, 0) is 31.9 Å². The quantitative estimate of drug-likeness (QED) is 0.798. The Balaban J connectivity index is 1.99. The van der Waals surface area contributed by atoms with E-state index < -0.39 is 0 Å². The van der Waals surface area contributed by atoms with Crippen LogP contribution in [0, 0.1) is 0 Å². The van der Waals surface area contributed by atoms with Gasteiger partial charge in [-0.15, -0.1) is 0 Å². The lowest BCUT2D eigenvalue weighted by atomic mass is 9.99. The van der Waals surface area contributed by atoms with Crippen LogP contribution in [0.25, 0.3) is 0 Å². The van der Waals surface area contributed by atoms with Crippen LogP contribution < -0.4 is 0 Å². The fourth-order valence-corrected chi connectivity index (χ4v) is 2.23. The first-order valence-corrected chi connectivity index (χ1v) is 5.73. The lowest BCUT2D eigenvalue weighted by molar-refractivity contribution is 0.0157. The second kappa shape index (κ2) is 4.77. The molecule has 1 N–H and O–H groups in total. The number of hydrogen-bond donors (Lipinski definition) is 1. The number of aliphatic hydroxyl groups excluding tert-OH is 1. The molecule has 2 atom stereocenters. The molecule has 1 aliphatic heterocycles. The van der Waals surface area contributed by atoms with Crippen molar-refractivity contribution in [3.05, 3.63) is 35.9 Å². The molecule has 82 valence electrons. The number of benzene rings is 1. The van der Waals surface area contributed by atoms with Gasteiger partial charge in [-0.2, -0.15) is 0 Å². The van der Waals surface area contributed by atoms with Crippen molar-refractivity contribution >= 4 is 0 Å². The van der Waals surface area contributed by atoms with Crippen LogP contribution in [-0.2, 0) is 6.54 Å². The monoisotopic (exact) mass is 205 g/mol. The van der Waals surface area contributed by atoms with E-state index >= 15 is 0 Å². The van der Waals surface area contributed by atoms with E-state index in [-0.39, 0.29) is 6.10 Å². The highest BCUT2D eigenvalue weighted by molar-refractivity contribution is 5.14. The number of piperidine rings is 1. The zero-order valence-electron chi connectivity index (χ0n) is 9.26. The van der Waals surface area contributed by atoms with Crippen molar-refractivity contribution < 1.29 is 5.11 Å². The summed E-state index contributed by atoms with van der Waals surface area (Å²) in [7, 11) is 0. The molecule has 0 radical (unpaired) electrons. The zero-order chi connectivity index (χ0) is 10.7. The first-order chi connectivity index (χ1) is 7.27. The highest BCUT2D eigenvalue weighted by atomic mass is 16.3. The molecule has 1 heterocycles. The van der Waals surface area contributed by atoms with Crippen LogP contribution in [-0.4, -0.2) is 28.7 Å². The molecule has 0 unspecified atom stereocenters. The molecule has 0 spiro atoms. The fraction of sp³-hybridized carbons (Fsp3) is 0.538. The predicted molar refractivity (Wildman–Crippen MR) is 61.6 cm³/mol. The van der Waals surface area contributed by atoms with Crippen molar-refractivity contribution in [2.24, 2.45) is 0 Å². The van der Waals surface area contributed by atoms with Crippen molar-refractivity contribution in [1.82, 2.24) is 4.90 Å². The number of likely N-dealkylation sites (tertiary alicyclic amines) is 1. The van der Waals surface area contributed by atoms with Crippen LogP contribution in [0.3, 0.4) is 0 Å². The summed E-state index contributed by atoms with van der Waals surface area (Å²) in [5, 5.41) is 9.78. The van der Waals surface area contributed by atoms with Crippen LogP contribution in [0.4, 0.5) is 0 Å². The minimum atomic E-state index is -0.150. The van der Waals surface area contributed by atoms with Gasteiger partial charge in [0, 0.05) is 12.6 Å². The Morgan fingerprint density at radius 1 is 1.33 bits per heavy atom. The van der Waals surface area contributed by atoms with E-state index in [2.05, 4.69) is 36.1 Å². The smallest absolute Gasteiger partial charge is 0.0693 e. The predicted octanol–water partition coefficient (Wildman–Crippen LogP) is 2.03. The SMILES string of the molecule is C[C@@H]1[C@@H](O)CCCN1Cc1ccccc1. The maximum atomic E-state index is 9.78. The summed E-state index contributed by atoms with van der Waals surface area (Å²) in [5.41, 5.74) is 1.33. The Morgan fingerprint density at radius 3 is 2.80 bits per heavy atom. The highest BCUT2D eigenvalue weighted by Gasteiger charge is 2.25. The van der Waals surface area contributed by atoms with Gasteiger partial charge >= 0.3 is 0 Å². The summed E-state index contributed by atoms with van der Waals surface area (Å²) in [6.07, 6.45) is 1.91. The number of hydrogen-bond acceptors (Lipinski definition) is 2. The molecule has 2 heteroatoms. The van der Waals surface area contributed by atoms with Crippen LogP contribution in [0.1, 0.15) is 25.3 Å². The minimum Gasteiger partial charge on any atom is -0.392 e. The normalized spacial score (nSPS) is 27.9. The Hall–Kier alpha value is -0.860. The first-order valence-electron chi connectivity index (χ1n) is 5.73. The van der Waals surface area contributed by atoms with Crippen molar-refractivity contribution in [3.8, 4) is 0 Å². The molecule has 1 aromatic carbocycles. The molecule has 2 rings (SSSR count). The van der Waals surface area contributed by atoms with Crippen LogP contribution in [0.15, 0.2) is 30.3 Å². The van der Waals surface area contributed by atoms with Gasteiger partial charge in [-0.3, -0.25) is 4.90 Å². The molecule has 0 aromatic heterocycles. The fourth-order valence-electron chi connectivity index (χ4n) is 2.23. The Kier molecular flexibility index (Phi) is 3.39. The highest BCUT2D eigenvalue weighted by Crippen LogP contribution is 2.19. The van der Waals surface area contributed by atoms with E-state index in [1.807, 2.05) is 6.07 Å². The largest absolute Gasteiger partial charge is 0.392 e. The van der Waals surface area contributed by atoms with E-state index in [0.29, 0.717) is 6.04 Å². The average Bonchev–Trinajstić information content (AvgIpc) is 2.26. The summed E-state index contributed by atoms with van der Waals surface area (Å²) < 4.78 is 0. The van der Waals surface area contributed by atoms with E-state index in [1.165, 1.54) is 5.56 Å². The van der Waals surface area contributed by atoms with Crippen molar-refractivity contribution in [3.63, 3.8) is 0 Å². The van der Waals surface area contributed by atoms with E-state index in [1.54, 1.807) is 0 Å². The van der Waals surface area contributed by atoms with Crippen molar-refractivity contribution in [1.29, 1.82) is 0 Å². The van der Waals surface area contributed by atoms with Gasteiger partial charge in [0.05, 0.1) is 6.10 Å². The van der Waals surface area contributed by atoms with Gasteiger partial charge in [-0.1, -0.05) is 30.3 Å². The molecular weight excluding hydrogens is 186 g/mol. The molecule has 0 aliphatic carbocycles. The third-order valence-electron chi connectivity index (χ3n) is 3.31. The second-order valence-corrected chi connectivity index (χ2v) is 4.41. The lowest BCUT2D eigenvalue weighted by Gasteiger charge is -2.36. The lowest BCUT2D eigenvalue weighted by Crippen LogP contribution is -2.45. The first kappa shape index (κ1) is 10.7. The van der Waals surface area contributed by atoms with Gasteiger partial charge < -0.3 is 5.11 Å². The molecule has 0 saturated carbocycles. The average molecular weight is 205 g/mol. The Morgan fingerprint density at radius 2 is 2.07 bits per heavy atom. The molecule has 2 nitrogen and oxygen atoms in total. The summed E-state index contributed by atoms with van der Waals surface area (Å²) in [6.45, 7) is 4.18. The number of rotatable bonds is 2. The summed E-state index contributed by atoms with van der Waals surface area (Å²) >= 11 is 0.